The first-order valence-electron chi connectivity index (χ1n) is 9.24. The van der Waals surface area contributed by atoms with E-state index in [1.807, 2.05) is 24.3 Å². The first-order chi connectivity index (χ1) is 14.5. The number of aromatic hydroxyl groups is 1. The number of hydrogen-bond acceptors (Lipinski definition) is 6. The molecule has 0 fully saturated rings. The Morgan fingerprint density at radius 2 is 1.87 bits per heavy atom. The lowest BCUT2D eigenvalue weighted by Gasteiger charge is -2.14. The van der Waals surface area contributed by atoms with E-state index in [4.69, 9.17) is 0 Å². The zero-order chi connectivity index (χ0) is 21.4. The number of nitrogens with zero attached hydrogens (tertiary/aromatic N) is 4. The SMILES string of the molecule is CNc1nn(NC)c(NC)c1-c1c(C#N)c2ccccc2n1-c1ccc(O)cc1F. The molecule has 0 aliphatic heterocycles. The van der Waals surface area contributed by atoms with Crippen molar-refractivity contribution in [2.45, 2.75) is 0 Å². The van der Waals surface area contributed by atoms with Gasteiger partial charge >= 0.3 is 0 Å². The highest BCUT2D eigenvalue weighted by atomic mass is 19.1. The first kappa shape index (κ1) is 19.1. The summed E-state index contributed by atoms with van der Waals surface area (Å²) < 4.78 is 16.7. The number of phenolic OH excluding ortho intramolecular Hbond substituents is 1. The van der Waals surface area contributed by atoms with Crippen molar-refractivity contribution in [3.8, 4) is 28.8 Å². The quantitative estimate of drug-likeness (QED) is 0.406. The number of fused-ring (bicyclic) bond motifs is 1. The molecule has 0 radical (unpaired) electrons. The van der Waals surface area contributed by atoms with Crippen LogP contribution < -0.4 is 16.1 Å². The number of hydrogen-bond donors (Lipinski definition) is 4. The van der Waals surface area contributed by atoms with Gasteiger partial charge in [0.05, 0.1) is 28.0 Å². The second-order valence-corrected chi connectivity index (χ2v) is 6.53. The van der Waals surface area contributed by atoms with Gasteiger partial charge in [0.2, 0.25) is 0 Å². The van der Waals surface area contributed by atoms with Gasteiger partial charge in [-0.3, -0.25) is 0 Å². The summed E-state index contributed by atoms with van der Waals surface area (Å²) in [5.74, 6) is 0.319. The highest BCUT2D eigenvalue weighted by Crippen LogP contribution is 2.43. The van der Waals surface area contributed by atoms with Crippen LogP contribution in [0.5, 0.6) is 5.75 Å². The fraction of sp³-hybridized carbons (Fsp3) is 0.143. The summed E-state index contributed by atoms with van der Waals surface area (Å²) in [7, 11) is 5.19. The molecule has 0 spiro atoms. The van der Waals surface area contributed by atoms with Crippen molar-refractivity contribution >= 4 is 22.5 Å². The minimum Gasteiger partial charge on any atom is -0.508 e. The highest BCUT2D eigenvalue weighted by Gasteiger charge is 2.28. The van der Waals surface area contributed by atoms with Crippen molar-refractivity contribution in [2.24, 2.45) is 0 Å². The first-order valence-corrected chi connectivity index (χ1v) is 9.24. The molecule has 4 rings (SSSR count). The standard InChI is InChI=1S/C21H20FN7O/c1-24-20-18(21(25-2)29(26-3)27-20)19-14(11-23)13-6-4-5-7-16(13)28(19)17-9-8-12(30)10-15(17)22/h4-10,25-26,30H,1-3H3,(H,24,27). The van der Waals surface area contributed by atoms with Crippen molar-refractivity contribution in [2.75, 3.05) is 37.2 Å². The number of aromatic nitrogens is 3. The molecule has 4 aromatic rings. The number of benzene rings is 2. The normalized spacial score (nSPS) is 10.8. The molecule has 0 atom stereocenters. The van der Waals surface area contributed by atoms with Crippen molar-refractivity contribution in [1.82, 2.24) is 14.5 Å². The monoisotopic (exact) mass is 405 g/mol. The van der Waals surface area contributed by atoms with Gasteiger partial charge in [-0.1, -0.05) is 18.2 Å². The van der Waals surface area contributed by atoms with Crippen molar-refractivity contribution in [3.63, 3.8) is 0 Å². The van der Waals surface area contributed by atoms with Gasteiger partial charge in [0.15, 0.2) is 17.5 Å². The van der Waals surface area contributed by atoms with E-state index in [-0.39, 0.29) is 11.4 Å². The molecule has 0 bridgehead atoms. The zero-order valence-electron chi connectivity index (χ0n) is 16.7. The summed E-state index contributed by atoms with van der Waals surface area (Å²) >= 11 is 0. The maximum atomic E-state index is 15.0. The lowest BCUT2D eigenvalue weighted by molar-refractivity contribution is 0.468. The predicted molar refractivity (Wildman–Crippen MR) is 115 cm³/mol. The number of nitrogens with one attached hydrogen (secondary N) is 3. The van der Waals surface area contributed by atoms with Crippen molar-refractivity contribution in [1.29, 1.82) is 5.26 Å². The van der Waals surface area contributed by atoms with E-state index in [2.05, 4.69) is 27.2 Å². The molecule has 0 saturated heterocycles. The van der Waals surface area contributed by atoms with Crippen LogP contribution in [0.1, 0.15) is 5.56 Å². The Morgan fingerprint density at radius 1 is 1.10 bits per heavy atom. The second kappa shape index (κ2) is 7.33. The van der Waals surface area contributed by atoms with E-state index in [0.29, 0.717) is 39.4 Å². The number of nitriles is 1. The van der Waals surface area contributed by atoms with Crippen LogP contribution in [0.3, 0.4) is 0 Å². The fourth-order valence-corrected chi connectivity index (χ4v) is 3.73. The average Bonchev–Trinajstić information content (AvgIpc) is 3.27. The Hall–Kier alpha value is -4.19. The Kier molecular flexibility index (Phi) is 4.68. The molecule has 2 heterocycles. The van der Waals surface area contributed by atoms with Crippen LogP contribution in [-0.4, -0.2) is 40.7 Å². The van der Waals surface area contributed by atoms with Gasteiger partial charge < -0.3 is 25.7 Å². The molecule has 0 amide bonds. The molecule has 0 aliphatic carbocycles. The zero-order valence-corrected chi connectivity index (χ0v) is 16.7. The average molecular weight is 405 g/mol. The maximum Gasteiger partial charge on any atom is 0.161 e. The number of halogens is 1. The molecular weight excluding hydrogens is 385 g/mol. The smallest absolute Gasteiger partial charge is 0.161 e. The van der Waals surface area contributed by atoms with Crippen LogP contribution in [-0.2, 0) is 0 Å². The Morgan fingerprint density at radius 3 is 2.50 bits per heavy atom. The van der Waals surface area contributed by atoms with Crippen LogP contribution in [0.15, 0.2) is 42.5 Å². The second-order valence-electron chi connectivity index (χ2n) is 6.53. The van der Waals surface area contributed by atoms with Gasteiger partial charge in [0.1, 0.15) is 11.8 Å². The molecule has 2 aromatic carbocycles. The fourth-order valence-electron chi connectivity index (χ4n) is 3.73. The lowest BCUT2D eigenvalue weighted by Crippen LogP contribution is -2.14. The van der Waals surface area contributed by atoms with Crippen LogP contribution in [0.4, 0.5) is 16.0 Å². The maximum absolute atomic E-state index is 15.0. The minimum atomic E-state index is -0.612. The Labute approximate surface area is 172 Å². The summed E-state index contributed by atoms with van der Waals surface area (Å²) in [5.41, 5.74) is 5.32. The molecular formula is C21H20FN7O. The number of anilines is 2. The van der Waals surface area contributed by atoms with Gasteiger partial charge in [0.25, 0.3) is 0 Å². The van der Waals surface area contributed by atoms with Crippen LogP contribution in [0.2, 0.25) is 0 Å². The summed E-state index contributed by atoms with van der Waals surface area (Å²) in [6.07, 6.45) is 0. The summed E-state index contributed by atoms with van der Waals surface area (Å²) in [5, 5.41) is 31.1. The minimum absolute atomic E-state index is 0.176. The molecule has 0 saturated carbocycles. The third kappa shape index (κ3) is 2.69. The lowest BCUT2D eigenvalue weighted by atomic mass is 10.1. The molecule has 0 unspecified atom stereocenters. The molecule has 30 heavy (non-hydrogen) atoms. The van der Waals surface area contributed by atoms with Crippen molar-refractivity contribution < 1.29 is 9.50 Å². The molecule has 0 aliphatic rings. The highest BCUT2D eigenvalue weighted by molar-refractivity contribution is 6.00. The van der Waals surface area contributed by atoms with E-state index in [1.54, 1.807) is 25.7 Å². The van der Waals surface area contributed by atoms with E-state index in [9.17, 15) is 14.8 Å². The number of para-hydroxylation sites is 1. The molecule has 2 aromatic heterocycles. The molecule has 8 nitrogen and oxygen atoms in total. The van der Waals surface area contributed by atoms with Crippen molar-refractivity contribution in [3.05, 3.63) is 53.8 Å². The third-order valence-electron chi connectivity index (χ3n) is 4.97. The number of phenols is 1. The van der Waals surface area contributed by atoms with Gasteiger partial charge in [-0.05, 0) is 18.2 Å². The van der Waals surface area contributed by atoms with Gasteiger partial charge in [0, 0.05) is 32.6 Å². The topological polar surface area (TPSA) is 103 Å². The third-order valence-corrected chi connectivity index (χ3v) is 4.97. The predicted octanol–water partition coefficient (Wildman–Crippen LogP) is 3.47. The summed E-state index contributed by atoms with van der Waals surface area (Å²) in [4.78, 5) is 1.54. The largest absolute Gasteiger partial charge is 0.508 e. The van der Waals surface area contributed by atoms with Crippen LogP contribution >= 0.6 is 0 Å². The van der Waals surface area contributed by atoms with E-state index in [1.165, 1.54) is 16.9 Å². The Balaban J connectivity index is 2.22. The van der Waals surface area contributed by atoms with E-state index < -0.39 is 5.82 Å². The van der Waals surface area contributed by atoms with E-state index in [0.717, 1.165) is 6.07 Å². The Bertz CT molecular complexity index is 1300. The van der Waals surface area contributed by atoms with E-state index >= 15 is 0 Å². The van der Waals surface area contributed by atoms with Crippen LogP contribution in [0, 0.1) is 17.1 Å². The number of rotatable bonds is 5. The van der Waals surface area contributed by atoms with Gasteiger partial charge in [-0.25, -0.2) is 4.39 Å². The van der Waals surface area contributed by atoms with Gasteiger partial charge in [-0.15, -0.1) is 5.10 Å². The molecule has 152 valence electrons. The molecule has 9 heteroatoms. The molecule has 4 N–H and O–H groups in total. The van der Waals surface area contributed by atoms with Crippen LogP contribution in [0.25, 0.3) is 27.8 Å². The summed E-state index contributed by atoms with van der Waals surface area (Å²) in [6.45, 7) is 0. The summed E-state index contributed by atoms with van der Waals surface area (Å²) in [6, 6.07) is 13.6. The van der Waals surface area contributed by atoms with Gasteiger partial charge in [-0.2, -0.15) is 10.1 Å².